The van der Waals surface area contributed by atoms with Gasteiger partial charge in [-0.2, -0.15) is 0 Å². The molecule has 29 heavy (non-hydrogen) atoms. The third kappa shape index (κ3) is 3.66. The lowest BCUT2D eigenvalue weighted by Crippen LogP contribution is -2.38. The Labute approximate surface area is 172 Å². The number of nitrogens with one attached hydrogen (secondary N) is 2. The molecule has 1 aliphatic heterocycles. The van der Waals surface area contributed by atoms with E-state index in [0.29, 0.717) is 29.4 Å². The van der Waals surface area contributed by atoms with E-state index in [4.69, 9.17) is 4.74 Å². The Kier molecular flexibility index (Phi) is 4.73. The number of esters is 1. The molecule has 1 aromatic carbocycles. The van der Waals surface area contributed by atoms with Gasteiger partial charge in [0.2, 0.25) is 5.91 Å². The number of hydrogen-bond donors (Lipinski definition) is 2. The van der Waals surface area contributed by atoms with Crippen molar-refractivity contribution in [2.24, 2.45) is 10.8 Å². The third-order valence-electron chi connectivity index (χ3n) is 6.56. The summed E-state index contributed by atoms with van der Waals surface area (Å²) in [5, 5.41) is 3.87. The fourth-order valence-corrected chi connectivity index (χ4v) is 5.93. The molecule has 1 amide bonds. The number of likely N-dealkylation sites (tertiary alicyclic amines) is 1. The summed E-state index contributed by atoms with van der Waals surface area (Å²) in [7, 11) is 1.35. The second-order valence-electron chi connectivity index (χ2n) is 10.0. The number of nitrogens with zero attached hydrogens (tertiary/aromatic N) is 1. The number of fused-ring (bicyclic) bond motifs is 3. The van der Waals surface area contributed by atoms with Crippen LogP contribution in [0.15, 0.2) is 18.2 Å². The number of hydrogen-bond acceptors (Lipinski definition) is 4. The number of ether oxygens (including phenoxy) is 1. The number of H-pyrrole nitrogens is 1. The summed E-state index contributed by atoms with van der Waals surface area (Å²) in [4.78, 5) is 30.7. The van der Waals surface area contributed by atoms with Crippen molar-refractivity contribution in [3.8, 4) is 0 Å². The van der Waals surface area contributed by atoms with Crippen LogP contribution < -0.4 is 5.32 Å². The molecule has 4 rings (SSSR count). The molecule has 2 aromatic rings. The maximum absolute atomic E-state index is 13.0. The van der Waals surface area contributed by atoms with E-state index in [1.54, 1.807) is 0 Å². The summed E-state index contributed by atoms with van der Waals surface area (Å²) >= 11 is 0. The smallest absolute Gasteiger partial charge is 0.356 e. The van der Waals surface area contributed by atoms with Crippen LogP contribution in [0.4, 0.5) is 5.69 Å². The summed E-state index contributed by atoms with van der Waals surface area (Å²) in [6.07, 6.45) is 3.47. The molecular weight excluding hydrogens is 366 g/mol. The van der Waals surface area contributed by atoms with E-state index in [9.17, 15) is 9.59 Å². The SMILES string of the molecule is COC(=O)c1[nH]c2cccc(C)c2c1NC(=O)CN1C[C@@]2(C)C[C@@H]1CC(C)(C)C2. The number of aromatic amines is 1. The number of carbonyl (C=O) groups excluding carboxylic acids is 2. The van der Waals surface area contributed by atoms with E-state index in [1.165, 1.54) is 13.5 Å². The number of benzene rings is 1. The standard InChI is InChI=1S/C23H31N3O3/c1-14-7-6-8-16-18(14)19(20(24-16)21(28)29-5)25-17(27)11-26-13-23(4)10-15(26)9-22(2,3)12-23/h6-8,15,24H,9-13H2,1-5H3,(H,25,27)/t15-,23-/m0/s1. The zero-order valence-corrected chi connectivity index (χ0v) is 18.0. The van der Waals surface area contributed by atoms with Gasteiger partial charge in [-0.1, -0.05) is 32.9 Å². The topological polar surface area (TPSA) is 74.4 Å². The molecule has 156 valence electrons. The highest BCUT2D eigenvalue weighted by Gasteiger charge is 2.49. The van der Waals surface area contributed by atoms with Crippen LogP contribution in [-0.4, -0.2) is 48.0 Å². The summed E-state index contributed by atoms with van der Waals surface area (Å²) in [5.41, 5.74) is 3.21. The van der Waals surface area contributed by atoms with E-state index < -0.39 is 5.97 Å². The quantitative estimate of drug-likeness (QED) is 0.762. The van der Waals surface area contributed by atoms with Crippen LogP contribution in [0.2, 0.25) is 0 Å². The van der Waals surface area contributed by atoms with Gasteiger partial charge in [-0.3, -0.25) is 9.69 Å². The lowest BCUT2D eigenvalue weighted by Gasteiger charge is -2.39. The van der Waals surface area contributed by atoms with Gasteiger partial charge < -0.3 is 15.0 Å². The Bertz CT molecular complexity index is 977. The number of aryl methyl sites for hydroxylation is 1. The lowest BCUT2D eigenvalue weighted by molar-refractivity contribution is -0.117. The average Bonchev–Trinajstić information content (AvgIpc) is 3.09. The average molecular weight is 398 g/mol. The largest absolute Gasteiger partial charge is 0.464 e. The van der Waals surface area contributed by atoms with Crippen molar-refractivity contribution in [3.63, 3.8) is 0 Å². The Morgan fingerprint density at radius 2 is 2.03 bits per heavy atom. The summed E-state index contributed by atoms with van der Waals surface area (Å²) in [6.45, 7) is 10.3. The van der Waals surface area contributed by atoms with Crippen molar-refractivity contribution in [3.05, 3.63) is 29.5 Å². The van der Waals surface area contributed by atoms with Gasteiger partial charge in [0, 0.05) is 23.5 Å². The first-order valence-electron chi connectivity index (χ1n) is 10.3. The van der Waals surface area contributed by atoms with E-state index in [0.717, 1.165) is 35.9 Å². The van der Waals surface area contributed by atoms with Crippen LogP contribution in [0.3, 0.4) is 0 Å². The maximum atomic E-state index is 13.0. The minimum atomic E-state index is -0.484. The molecule has 6 nitrogen and oxygen atoms in total. The predicted molar refractivity (Wildman–Crippen MR) is 114 cm³/mol. The summed E-state index contributed by atoms with van der Waals surface area (Å²) < 4.78 is 4.92. The Morgan fingerprint density at radius 1 is 1.28 bits per heavy atom. The molecule has 0 spiro atoms. The van der Waals surface area contributed by atoms with Gasteiger partial charge >= 0.3 is 5.97 Å². The van der Waals surface area contributed by atoms with Crippen LogP contribution >= 0.6 is 0 Å². The van der Waals surface area contributed by atoms with Gasteiger partial charge in [0.1, 0.15) is 5.69 Å². The molecule has 1 saturated carbocycles. The fourth-order valence-electron chi connectivity index (χ4n) is 5.93. The van der Waals surface area contributed by atoms with Crippen molar-refractivity contribution in [2.45, 2.75) is 53.0 Å². The Balaban J connectivity index is 1.58. The van der Waals surface area contributed by atoms with Crippen molar-refractivity contribution in [1.82, 2.24) is 9.88 Å². The first-order chi connectivity index (χ1) is 13.6. The molecular formula is C23H31N3O3. The minimum absolute atomic E-state index is 0.0896. The van der Waals surface area contributed by atoms with Crippen LogP contribution in [0.1, 0.15) is 56.1 Å². The van der Waals surface area contributed by atoms with Crippen molar-refractivity contribution < 1.29 is 14.3 Å². The molecule has 2 heterocycles. The van der Waals surface area contributed by atoms with Crippen molar-refractivity contribution in [1.29, 1.82) is 0 Å². The van der Waals surface area contributed by atoms with Gasteiger partial charge in [0.15, 0.2) is 0 Å². The van der Waals surface area contributed by atoms with E-state index in [-0.39, 0.29) is 11.3 Å². The zero-order chi connectivity index (χ0) is 21.0. The molecule has 2 N–H and O–H groups in total. The molecule has 2 aliphatic rings. The van der Waals surface area contributed by atoms with E-state index in [2.05, 4.69) is 36.0 Å². The Hall–Kier alpha value is -2.34. The highest BCUT2D eigenvalue weighted by molar-refractivity contribution is 6.12. The highest BCUT2D eigenvalue weighted by Crippen LogP contribution is 2.52. The monoisotopic (exact) mass is 397 g/mol. The lowest BCUT2D eigenvalue weighted by atomic mass is 9.65. The van der Waals surface area contributed by atoms with Gasteiger partial charge in [0.05, 0.1) is 19.3 Å². The number of aromatic nitrogens is 1. The molecule has 6 heteroatoms. The van der Waals surface area contributed by atoms with Crippen molar-refractivity contribution in [2.75, 3.05) is 25.5 Å². The minimum Gasteiger partial charge on any atom is -0.464 e. The Morgan fingerprint density at radius 3 is 2.76 bits per heavy atom. The van der Waals surface area contributed by atoms with Crippen LogP contribution in [0.25, 0.3) is 10.9 Å². The number of anilines is 1. The first kappa shape index (κ1) is 20.0. The number of amides is 1. The molecule has 1 aliphatic carbocycles. The van der Waals surface area contributed by atoms with Crippen LogP contribution in [0.5, 0.6) is 0 Å². The molecule has 1 aromatic heterocycles. The highest BCUT2D eigenvalue weighted by atomic mass is 16.5. The van der Waals surface area contributed by atoms with Gasteiger partial charge in [-0.05, 0) is 48.6 Å². The van der Waals surface area contributed by atoms with Gasteiger partial charge in [0.25, 0.3) is 0 Å². The molecule has 1 saturated heterocycles. The predicted octanol–water partition coefficient (Wildman–Crippen LogP) is 4.10. The second-order valence-corrected chi connectivity index (χ2v) is 10.0. The van der Waals surface area contributed by atoms with E-state index >= 15 is 0 Å². The first-order valence-corrected chi connectivity index (χ1v) is 10.3. The number of methoxy groups -OCH3 is 1. The number of rotatable bonds is 4. The molecule has 2 atom stereocenters. The summed E-state index contributed by atoms with van der Waals surface area (Å²) in [6, 6.07) is 6.24. The van der Waals surface area contributed by atoms with E-state index in [1.807, 2.05) is 25.1 Å². The molecule has 0 unspecified atom stereocenters. The summed E-state index contributed by atoms with van der Waals surface area (Å²) in [5.74, 6) is -0.574. The molecule has 2 fully saturated rings. The number of carbonyl (C=O) groups is 2. The molecule has 2 bridgehead atoms. The van der Waals surface area contributed by atoms with Crippen molar-refractivity contribution >= 4 is 28.5 Å². The second kappa shape index (κ2) is 6.87. The van der Waals surface area contributed by atoms with Gasteiger partial charge in [-0.25, -0.2) is 4.79 Å². The maximum Gasteiger partial charge on any atom is 0.356 e. The zero-order valence-electron chi connectivity index (χ0n) is 18.0. The normalized spacial score (nSPS) is 25.9. The fraction of sp³-hybridized carbons (Fsp3) is 0.565. The van der Waals surface area contributed by atoms with Crippen LogP contribution in [0, 0.1) is 17.8 Å². The third-order valence-corrected chi connectivity index (χ3v) is 6.56. The molecule has 0 radical (unpaired) electrons. The van der Waals surface area contributed by atoms with Crippen LogP contribution in [-0.2, 0) is 9.53 Å². The van der Waals surface area contributed by atoms with Gasteiger partial charge in [-0.15, -0.1) is 0 Å².